The van der Waals surface area contributed by atoms with E-state index in [1.165, 1.54) is 14.2 Å². The van der Waals surface area contributed by atoms with Gasteiger partial charge in [0.25, 0.3) is 5.91 Å². The van der Waals surface area contributed by atoms with E-state index in [0.29, 0.717) is 16.9 Å². The minimum Gasteiger partial charge on any atom is -0.496 e. The molecule has 0 saturated carbocycles. The number of nitrogens with zero attached hydrogens (tertiary/aromatic N) is 3. The number of alkyl halides is 3. The summed E-state index contributed by atoms with van der Waals surface area (Å²) in [6, 6.07) is 6.85. The number of methoxy groups -OCH3 is 2. The topological polar surface area (TPSA) is 77.3 Å². The van der Waals surface area contributed by atoms with Crippen molar-refractivity contribution in [2.24, 2.45) is 0 Å². The van der Waals surface area contributed by atoms with Crippen molar-refractivity contribution in [3.05, 3.63) is 42.2 Å². The molecule has 35 heavy (non-hydrogen) atoms. The van der Waals surface area contributed by atoms with Gasteiger partial charge in [-0.3, -0.25) is 9.20 Å². The van der Waals surface area contributed by atoms with Gasteiger partial charge >= 0.3 is 6.18 Å². The van der Waals surface area contributed by atoms with Crippen LogP contribution in [0.25, 0.3) is 16.9 Å². The van der Waals surface area contributed by atoms with Crippen molar-refractivity contribution in [1.82, 2.24) is 19.6 Å². The van der Waals surface area contributed by atoms with E-state index in [1.807, 2.05) is 28.0 Å². The van der Waals surface area contributed by atoms with Gasteiger partial charge in [0.05, 0.1) is 26.1 Å². The lowest BCUT2D eigenvalue weighted by molar-refractivity contribution is -0.123. The molecule has 8 nitrogen and oxygen atoms in total. The van der Waals surface area contributed by atoms with Gasteiger partial charge in [-0.15, -0.1) is 0 Å². The molecule has 11 heteroatoms. The van der Waals surface area contributed by atoms with E-state index in [9.17, 15) is 18.0 Å². The van der Waals surface area contributed by atoms with Crippen molar-refractivity contribution in [2.75, 3.05) is 40.9 Å². The van der Waals surface area contributed by atoms with Gasteiger partial charge in [-0.2, -0.15) is 13.2 Å². The SMILES string of the molecule is COc1cc(-c2cnc3cc(OC4CCCN(C)C4)ccn23)cc(OC)c1C(=O)NCC(F)(F)F. The number of carbonyl (C=O) groups excluding carboxylic acids is 1. The summed E-state index contributed by atoms with van der Waals surface area (Å²) in [5.41, 5.74) is 1.83. The minimum absolute atomic E-state index is 0.0790. The normalized spacial score (nSPS) is 16.8. The third kappa shape index (κ3) is 5.61. The van der Waals surface area contributed by atoms with Crippen molar-refractivity contribution in [3.63, 3.8) is 0 Å². The molecule has 1 unspecified atom stereocenters. The smallest absolute Gasteiger partial charge is 0.405 e. The van der Waals surface area contributed by atoms with Crippen LogP contribution in [0, 0.1) is 0 Å². The Morgan fingerprint density at radius 3 is 2.54 bits per heavy atom. The van der Waals surface area contributed by atoms with Gasteiger partial charge in [-0.05, 0) is 44.6 Å². The lowest BCUT2D eigenvalue weighted by atomic mass is 10.1. The molecule has 1 N–H and O–H groups in total. The van der Waals surface area contributed by atoms with E-state index in [1.54, 1.807) is 18.3 Å². The summed E-state index contributed by atoms with van der Waals surface area (Å²) in [7, 11) is 4.74. The van der Waals surface area contributed by atoms with Crippen molar-refractivity contribution in [2.45, 2.75) is 25.1 Å². The highest BCUT2D eigenvalue weighted by Gasteiger charge is 2.30. The quantitative estimate of drug-likeness (QED) is 0.541. The van der Waals surface area contributed by atoms with Crippen LogP contribution in [0.4, 0.5) is 13.2 Å². The Hall–Kier alpha value is -3.47. The van der Waals surface area contributed by atoms with Gasteiger partial charge in [0, 0.05) is 24.4 Å². The molecule has 2 aromatic heterocycles. The van der Waals surface area contributed by atoms with Crippen LogP contribution in [0.3, 0.4) is 0 Å². The molecule has 1 amide bonds. The first-order valence-electron chi connectivity index (χ1n) is 11.1. The lowest BCUT2D eigenvalue weighted by Gasteiger charge is -2.30. The zero-order valence-electron chi connectivity index (χ0n) is 19.7. The van der Waals surface area contributed by atoms with Gasteiger partial charge < -0.3 is 24.4 Å². The Bertz CT molecular complexity index is 1190. The number of pyridine rings is 1. The number of nitrogens with one attached hydrogen (secondary N) is 1. The fourth-order valence-electron chi connectivity index (χ4n) is 4.21. The van der Waals surface area contributed by atoms with Crippen molar-refractivity contribution >= 4 is 11.6 Å². The number of aromatic nitrogens is 2. The van der Waals surface area contributed by atoms with Crippen molar-refractivity contribution in [3.8, 4) is 28.5 Å². The summed E-state index contributed by atoms with van der Waals surface area (Å²) in [4.78, 5) is 19.2. The van der Waals surface area contributed by atoms with E-state index < -0.39 is 18.6 Å². The number of rotatable bonds is 7. The van der Waals surface area contributed by atoms with Crippen LogP contribution in [-0.4, -0.2) is 73.4 Å². The number of fused-ring (bicyclic) bond motifs is 1. The van der Waals surface area contributed by atoms with Crippen LogP contribution < -0.4 is 19.5 Å². The zero-order valence-corrected chi connectivity index (χ0v) is 19.7. The second-order valence-electron chi connectivity index (χ2n) is 8.43. The molecule has 188 valence electrons. The highest BCUT2D eigenvalue weighted by atomic mass is 19.4. The summed E-state index contributed by atoms with van der Waals surface area (Å²) < 4.78 is 56.4. The largest absolute Gasteiger partial charge is 0.496 e. The first-order chi connectivity index (χ1) is 16.7. The predicted octanol–water partition coefficient (Wildman–Crippen LogP) is 3.78. The fourth-order valence-corrected chi connectivity index (χ4v) is 4.21. The molecule has 0 aliphatic carbocycles. The highest BCUT2D eigenvalue weighted by Crippen LogP contribution is 2.36. The average Bonchev–Trinajstić information content (AvgIpc) is 3.24. The molecule has 1 aliphatic heterocycles. The Labute approximate surface area is 200 Å². The van der Waals surface area contributed by atoms with E-state index in [4.69, 9.17) is 14.2 Å². The Morgan fingerprint density at radius 2 is 1.91 bits per heavy atom. The van der Waals surface area contributed by atoms with Gasteiger partial charge in [0.1, 0.15) is 41.1 Å². The average molecular weight is 492 g/mol. The predicted molar refractivity (Wildman–Crippen MR) is 123 cm³/mol. The van der Waals surface area contributed by atoms with E-state index in [-0.39, 0.29) is 23.2 Å². The Kier molecular flexibility index (Phi) is 7.06. The van der Waals surface area contributed by atoms with Crippen molar-refractivity contribution < 1.29 is 32.2 Å². The standard InChI is InChI=1S/C24H27F3N4O4/c1-30-7-4-5-17(13-30)35-16-6-8-31-18(12-28-21(31)11-16)15-9-19(33-2)22(20(10-15)34-3)23(32)29-14-24(25,26)27/h6,8-12,17H,4-5,7,13-14H2,1-3H3,(H,29,32). The molecule has 0 radical (unpaired) electrons. The first-order valence-corrected chi connectivity index (χ1v) is 11.1. The van der Waals surface area contributed by atoms with Gasteiger partial charge in [-0.25, -0.2) is 4.98 Å². The van der Waals surface area contributed by atoms with Crippen LogP contribution in [0.1, 0.15) is 23.2 Å². The number of amides is 1. The number of likely N-dealkylation sites (N-methyl/N-ethyl adjacent to an activating group) is 1. The molecule has 1 aromatic carbocycles. The molecule has 3 aromatic rings. The summed E-state index contributed by atoms with van der Waals surface area (Å²) in [5.74, 6) is -0.0663. The Morgan fingerprint density at radius 1 is 1.20 bits per heavy atom. The van der Waals surface area contributed by atoms with E-state index in [0.717, 1.165) is 31.7 Å². The zero-order chi connectivity index (χ0) is 25.2. The Balaban J connectivity index is 1.63. The lowest BCUT2D eigenvalue weighted by Crippen LogP contribution is -2.38. The monoisotopic (exact) mass is 492 g/mol. The molecular formula is C24H27F3N4O4. The summed E-state index contributed by atoms with van der Waals surface area (Å²) >= 11 is 0. The first kappa shape index (κ1) is 24.6. The van der Waals surface area contributed by atoms with Gasteiger partial charge in [0.15, 0.2) is 0 Å². The second kappa shape index (κ2) is 10.0. The summed E-state index contributed by atoms with van der Waals surface area (Å²) in [6.07, 6.45) is 1.16. The van der Waals surface area contributed by atoms with Crippen LogP contribution in [0.5, 0.6) is 17.2 Å². The highest BCUT2D eigenvalue weighted by molar-refractivity contribution is 6.00. The van der Waals surface area contributed by atoms with Crippen LogP contribution in [0.15, 0.2) is 36.7 Å². The molecule has 3 heterocycles. The summed E-state index contributed by atoms with van der Waals surface area (Å²) in [5, 5.41) is 1.86. The summed E-state index contributed by atoms with van der Waals surface area (Å²) in [6.45, 7) is 0.472. The maximum atomic E-state index is 12.6. The number of hydrogen-bond donors (Lipinski definition) is 1. The van der Waals surface area contributed by atoms with E-state index in [2.05, 4.69) is 16.9 Å². The fraction of sp³-hybridized carbons (Fsp3) is 0.417. The third-order valence-corrected chi connectivity index (χ3v) is 5.85. The molecule has 1 aliphatic rings. The minimum atomic E-state index is -4.54. The van der Waals surface area contributed by atoms with Crippen LogP contribution >= 0.6 is 0 Å². The van der Waals surface area contributed by atoms with Crippen LogP contribution in [-0.2, 0) is 0 Å². The number of imidazole rings is 1. The molecular weight excluding hydrogens is 465 g/mol. The number of ether oxygens (including phenoxy) is 3. The molecule has 0 spiro atoms. The number of carbonyl (C=O) groups is 1. The number of piperidine rings is 1. The number of likely N-dealkylation sites (tertiary alicyclic amines) is 1. The van der Waals surface area contributed by atoms with E-state index >= 15 is 0 Å². The van der Waals surface area contributed by atoms with Gasteiger partial charge in [0.2, 0.25) is 0 Å². The van der Waals surface area contributed by atoms with Crippen molar-refractivity contribution in [1.29, 1.82) is 0 Å². The number of halogens is 3. The molecule has 1 atom stereocenters. The maximum absolute atomic E-state index is 12.6. The molecule has 1 fully saturated rings. The number of benzene rings is 1. The molecule has 1 saturated heterocycles. The maximum Gasteiger partial charge on any atom is 0.405 e. The third-order valence-electron chi connectivity index (χ3n) is 5.85. The second-order valence-corrected chi connectivity index (χ2v) is 8.43. The molecule has 0 bridgehead atoms. The van der Waals surface area contributed by atoms with Crippen LogP contribution in [0.2, 0.25) is 0 Å². The number of hydrogen-bond acceptors (Lipinski definition) is 6. The van der Waals surface area contributed by atoms with Gasteiger partial charge in [-0.1, -0.05) is 0 Å². The molecule has 4 rings (SSSR count).